The lowest BCUT2D eigenvalue weighted by molar-refractivity contribution is -0.0122. The fourth-order valence-electron chi connectivity index (χ4n) is 5.42. The Hall–Kier alpha value is -0.780. The molecule has 0 bridgehead atoms. The van der Waals surface area contributed by atoms with Crippen molar-refractivity contribution in [3.63, 3.8) is 0 Å². The van der Waals surface area contributed by atoms with Crippen molar-refractivity contribution in [2.45, 2.75) is 59.8 Å². The molecule has 4 atom stereocenters. The Kier molecular flexibility index (Phi) is 3.09. The topological polar surface area (TPSA) is 0 Å². The van der Waals surface area contributed by atoms with Gasteiger partial charge in [0.25, 0.3) is 0 Å². The van der Waals surface area contributed by atoms with E-state index < -0.39 is 0 Å². The van der Waals surface area contributed by atoms with Gasteiger partial charge in [0.15, 0.2) is 0 Å². The fraction of sp³-hybridized carbons (Fsp3) is 0.700. The molecule has 0 spiro atoms. The summed E-state index contributed by atoms with van der Waals surface area (Å²) >= 11 is 0. The van der Waals surface area contributed by atoms with E-state index >= 15 is 0 Å². The van der Waals surface area contributed by atoms with Crippen molar-refractivity contribution in [3.8, 4) is 0 Å². The van der Waals surface area contributed by atoms with Crippen LogP contribution in [0.25, 0.3) is 0 Å². The minimum atomic E-state index is 0.212. The number of rotatable bonds is 1. The van der Waals surface area contributed by atoms with Crippen molar-refractivity contribution in [2.75, 3.05) is 0 Å². The molecule has 1 fully saturated rings. The maximum atomic E-state index is 4.05. The van der Waals surface area contributed by atoms with E-state index in [0.29, 0.717) is 10.8 Å². The number of hydrogen-bond donors (Lipinski definition) is 0. The quantitative estimate of drug-likeness (QED) is 0.519. The van der Waals surface area contributed by atoms with Crippen molar-refractivity contribution >= 4 is 0 Å². The van der Waals surface area contributed by atoms with Crippen LogP contribution in [0.4, 0.5) is 0 Å². The Morgan fingerprint density at radius 3 is 2.60 bits per heavy atom. The predicted octanol–water partition coefficient (Wildman–Crippen LogP) is 5.92. The van der Waals surface area contributed by atoms with Gasteiger partial charge in [0.2, 0.25) is 0 Å². The van der Waals surface area contributed by atoms with E-state index in [4.69, 9.17) is 0 Å². The third-order valence-electron chi connectivity index (χ3n) is 6.70. The predicted molar refractivity (Wildman–Crippen MR) is 87.5 cm³/mol. The molecule has 3 rings (SSSR count). The smallest absolute Gasteiger partial charge is 0.00361 e. The molecule has 1 saturated carbocycles. The van der Waals surface area contributed by atoms with Gasteiger partial charge in [-0.05, 0) is 53.9 Å². The number of allylic oxidation sites excluding steroid dienone is 5. The Morgan fingerprint density at radius 1 is 1.15 bits per heavy atom. The molecule has 0 aromatic rings. The Labute approximate surface area is 125 Å². The van der Waals surface area contributed by atoms with Crippen LogP contribution >= 0.6 is 0 Å². The first-order valence-corrected chi connectivity index (χ1v) is 8.35. The van der Waals surface area contributed by atoms with E-state index in [1.54, 1.807) is 5.57 Å². The molecule has 0 radical (unpaired) electrons. The van der Waals surface area contributed by atoms with Gasteiger partial charge in [0, 0.05) is 5.41 Å². The summed E-state index contributed by atoms with van der Waals surface area (Å²) in [6.45, 7) is 13.9. The van der Waals surface area contributed by atoms with Gasteiger partial charge in [0.05, 0.1) is 0 Å². The Balaban J connectivity index is 2.04. The van der Waals surface area contributed by atoms with Crippen LogP contribution in [0.2, 0.25) is 0 Å². The summed E-state index contributed by atoms with van der Waals surface area (Å²) in [6, 6.07) is 0. The van der Waals surface area contributed by atoms with Gasteiger partial charge in [-0.2, -0.15) is 0 Å². The highest BCUT2D eigenvalue weighted by molar-refractivity contribution is 5.36. The second-order valence-corrected chi connectivity index (χ2v) is 8.63. The molecule has 110 valence electrons. The minimum Gasteiger partial charge on any atom is -0.102 e. The largest absolute Gasteiger partial charge is 0.102 e. The lowest BCUT2D eigenvalue weighted by atomic mass is 9.47. The maximum absolute atomic E-state index is 4.05. The molecule has 0 aliphatic heterocycles. The fourth-order valence-corrected chi connectivity index (χ4v) is 5.42. The molecule has 0 nitrogen and oxygen atoms in total. The monoisotopic (exact) mass is 270 g/mol. The second-order valence-electron chi connectivity index (χ2n) is 8.63. The highest BCUT2D eigenvalue weighted by atomic mass is 14.6. The van der Waals surface area contributed by atoms with E-state index in [1.165, 1.54) is 32.1 Å². The van der Waals surface area contributed by atoms with E-state index in [-0.39, 0.29) is 5.41 Å². The van der Waals surface area contributed by atoms with Crippen molar-refractivity contribution in [1.29, 1.82) is 0 Å². The lowest BCUT2D eigenvalue weighted by Gasteiger charge is -2.57. The first kappa shape index (κ1) is 14.2. The summed E-state index contributed by atoms with van der Waals surface area (Å²) in [7, 11) is 0. The normalized spacial score (nSPS) is 46.1. The highest BCUT2D eigenvalue weighted by Gasteiger charge is 2.52. The van der Waals surface area contributed by atoms with Gasteiger partial charge < -0.3 is 0 Å². The van der Waals surface area contributed by atoms with Gasteiger partial charge in [0.1, 0.15) is 0 Å². The Morgan fingerprint density at radius 2 is 1.90 bits per heavy atom. The Bertz CT molecular complexity index is 478. The molecule has 3 aliphatic rings. The van der Waals surface area contributed by atoms with E-state index in [9.17, 15) is 0 Å². The SMILES string of the molecule is C=CC1(C)C=C2C=CC3C(C)(C)CCCC3(C)C2CC1. The van der Waals surface area contributed by atoms with Gasteiger partial charge in [-0.25, -0.2) is 0 Å². The van der Waals surface area contributed by atoms with Crippen LogP contribution in [0, 0.1) is 28.1 Å². The van der Waals surface area contributed by atoms with Crippen molar-refractivity contribution < 1.29 is 0 Å². The molecule has 0 aromatic carbocycles. The van der Waals surface area contributed by atoms with E-state index in [0.717, 1.165) is 11.8 Å². The summed E-state index contributed by atoms with van der Waals surface area (Å²) in [5.74, 6) is 1.52. The van der Waals surface area contributed by atoms with Crippen LogP contribution < -0.4 is 0 Å². The van der Waals surface area contributed by atoms with Crippen LogP contribution in [-0.2, 0) is 0 Å². The van der Waals surface area contributed by atoms with Crippen LogP contribution in [0.3, 0.4) is 0 Å². The molecule has 20 heavy (non-hydrogen) atoms. The minimum absolute atomic E-state index is 0.212. The zero-order chi connectivity index (χ0) is 14.6. The average Bonchev–Trinajstić information content (AvgIpc) is 2.37. The first-order valence-electron chi connectivity index (χ1n) is 8.35. The molecule has 0 saturated heterocycles. The van der Waals surface area contributed by atoms with Crippen molar-refractivity contribution in [3.05, 3.63) is 36.5 Å². The van der Waals surface area contributed by atoms with Crippen molar-refractivity contribution in [1.82, 2.24) is 0 Å². The van der Waals surface area contributed by atoms with Crippen LogP contribution in [0.5, 0.6) is 0 Å². The van der Waals surface area contributed by atoms with Gasteiger partial charge in [-0.3, -0.25) is 0 Å². The summed E-state index contributed by atoms with van der Waals surface area (Å²) in [4.78, 5) is 0. The van der Waals surface area contributed by atoms with Gasteiger partial charge in [-0.1, -0.05) is 58.4 Å². The van der Waals surface area contributed by atoms with Gasteiger partial charge in [-0.15, -0.1) is 6.58 Å². The second kappa shape index (κ2) is 4.36. The van der Waals surface area contributed by atoms with Crippen LogP contribution in [0.15, 0.2) is 36.5 Å². The van der Waals surface area contributed by atoms with Crippen LogP contribution in [0.1, 0.15) is 59.8 Å². The first-order chi connectivity index (χ1) is 9.31. The standard InChI is InChI=1S/C20H30/c1-6-19(4)13-10-16-15(14-19)8-9-17-18(2,3)11-7-12-20(16,17)5/h6,8-9,14,16-17H,1,7,10-13H2,2-5H3. The molecule has 0 N–H and O–H groups in total. The summed E-state index contributed by atoms with van der Waals surface area (Å²) in [5, 5.41) is 0. The maximum Gasteiger partial charge on any atom is 0.00361 e. The van der Waals surface area contributed by atoms with Crippen molar-refractivity contribution in [2.24, 2.45) is 28.1 Å². The molecule has 4 unspecified atom stereocenters. The van der Waals surface area contributed by atoms with Gasteiger partial charge >= 0.3 is 0 Å². The third kappa shape index (κ3) is 1.95. The molecule has 0 aromatic heterocycles. The highest BCUT2D eigenvalue weighted by Crippen LogP contribution is 2.61. The lowest BCUT2D eigenvalue weighted by Crippen LogP contribution is -2.48. The average molecular weight is 270 g/mol. The molecule has 0 amide bonds. The zero-order valence-electron chi connectivity index (χ0n) is 13.7. The molecular weight excluding hydrogens is 240 g/mol. The van der Waals surface area contributed by atoms with E-state index in [1.807, 2.05) is 0 Å². The zero-order valence-corrected chi connectivity index (χ0v) is 13.7. The summed E-state index contributed by atoms with van der Waals surface area (Å²) in [5.41, 5.74) is 2.75. The molecule has 0 heterocycles. The summed E-state index contributed by atoms with van der Waals surface area (Å²) in [6.07, 6.45) is 16.4. The van der Waals surface area contributed by atoms with E-state index in [2.05, 4.69) is 58.6 Å². The molecule has 3 aliphatic carbocycles. The third-order valence-corrected chi connectivity index (χ3v) is 6.70. The molecular formula is C20H30. The summed E-state index contributed by atoms with van der Waals surface area (Å²) < 4.78 is 0. The number of fused-ring (bicyclic) bond motifs is 3. The molecule has 0 heteroatoms. The van der Waals surface area contributed by atoms with Crippen LogP contribution in [-0.4, -0.2) is 0 Å². The number of hydrogen-bond acceptors (Lipinski definition) is 0.